The molecule has 0 bridgehead atoms. The summed E-state index contributed by atoms with van der Waals surface area (Å²) in [6.45, 7) is 1.38. The molecular formula is C27H32N5O2+. The van der Waals surface area contributed by atoms with Crippen LogP contribution in [0.4, 0.5) is 0 Å². The molecule has 6 rings (SSSR count). The van der Waals surface area contributed by atoms with Crippen LogP contribution in [0.5, 0.6) is 0 Å². The normalized spacial score (nSPS) is 26.6. The van der Waals surface area contributed by atoms with Crippen molar-refractivity contribution in [2.24, 2.45) is 5.92 Å². The van der Waals surface area contributed by atoms with E-state index in [1.807, 2.05) is 41.3 Å². The highest BCUT2D eigenvalue weighted by Gasteiger charge is 2.51. The van der Waals surface area contributed by atoms with Crippen molar-refractivity contribution in [1.29, 1.82) is 0 Å². The van der Waals surface area contributed by atoms with Crippen molar-refractivity contribution in [1.82, 2.24) is 19.9 Å². The molecular weight excluding hydrogens is 426 g/mol. The van der Waals surface area contributed by atoms with Gasteiger partial charge in [-0.3, -0.25) is 4.79 Å². The Morgan fingerprint density at radius 1 is 1.06 bits per heavy atom. The van der Waals surface area contributed by atoms with Gasteiger partial charge in [-0.1, -0.05) is 43.2 Å². The molecule has 1 unspecified atom stereocenters. The lowest BCUT2D eigenvalue weighted by atomic mass is 9.66. The van der Waals surface area contributed by atoms with E-state index in [-0.39, 0.29) is 17.9 Å². The zero-order valence-electron chi connectivity index (χ0n) is 19.5. The van der Waals surface area contributed by atoms with Crippen molar-refractivity contribution >= 4 is 5.91 Å². The van der Waals surface area contributed by atoms with Crippen LogP contribution < -0.4 is 4.57 Å². The number of benzene rings is 1. The molecule has 3 atom stereocenters. The summed E-state index contributed by atoms with van der Waals surface area (Å²) < 4.78 is 2.16. The number of fused-ring (bicyclic) bond motifs is 2. The molecule has 0 radical (unpaired) electrons. The first-order chi connectivity index (χ1) is 16.7. The van der Waals surface area contributed by atoms with E-state index in [2.05, 4.69) is 19.5 Å². The van der Waals surface area contributed by atoms with Crippen LogP contribution in [0.25, 0.3) is 11.5 Å². The van der Waals surface area contributed by atoms with Crippen LogP contribution in [0.2, 0.25) is 0 Å². The molecule has 3 aliphatic rings. The van der Waals surface area contributed by atoms with Gasteiger partial charge in [0.2, 0.25) is 11.5 Å². The van der Waals surface area contributed by atoms with Gasteiger partial charge in [0.05, 0.1) is 12.1 Å². The van der Waals surface area contributed by atoms with E-state index < -0.39 is 5.60 Å². The minimum Gasteiger partial charge on any atom is -0.385 e. The Morgan fingerprint density at radius 3 is 2.68 bits per heavy atom. The molecule has 2 aliphatic heterocycles. The average molecular weight is 459 g/mol. The van der Waals surface area contributed by atoms with Crippen LogP contribution in [0.3, 0.4) is 0 Å². The summed E-state index contributed by atoms with van der Waals surface area (Å²) in [7, 11) is 0. The second-order valence-corrected chi connectivity index (χ2v) is 9.97. The summed E-state index contributed by atoms with van der Waals surface area (Å²) >= 11 is 0. The first-order valence-electron chi connectivity index (χ1n) is 12.7. The first kappa shape index (κ1) is 21.5. The highest BCUT2D eigenvalue weighted by molar-refractivity contribution is 5.90. The highest BCUT2D eigenvalue weighted by atomic mass is 16.3. The highest BCUT2D eigenvalue weighted by Crippen LogP contribution is 2.47. The Balaban J connectivity index is 1.36. The van der Waals surface area contributed by atoms with E-state index in [4.69, 9.17) is 0 Å². The summed E-state index contributed by atoms with van der Waals surface area (Å²) in [5.41, 5.74) is 2.09. The van der Waals surface area contributed by atoms with E-state index in [1.54, 1.807) is 12.4 Å². The third kappa shape index (κ3) is 3.45. The van der Waals surface area contributed by atoms with Crippen LogP contribution in [-0.2, 0) is 18.6 Å². The number of imidazole rings is 1. The van der Waals surface area contributed by atoms with Gasteiger partial charge < -0.3 is 10.0 Å². The Bertz CT molecular complexity index is 1180. The summed E-state index contributed by atoms with van der Waals surface area (Å²) in [6, 6.07) is 11.9. The number of carbonyl (C=O) groups is 1. The molecule has 0 spiro atoms. The van der Waals surface area contributed by atoms with E-state index in [0.29, 0.717) is 24.6 Å². The summed E-state index contributed by atoms with van der Waals surface area (Å²) in [6.07, 6.45) is 11.2. The number of nitrogens with one attached hydrogen (secondary N) is 1. The summed E-state index contributed by atoms with van der Waals surface area (Å²) in [4.78, 5) is 28.4. The molecule has 1 aliphatic carbocycles. The molecule has 1 amide bonds. The van der Waals surface area contributed by atoms with Crippen molar-refractivity contribution in [3.05, 3.63) is 65.9 Å². The molecule has 7 nitrogen and oxygen atoms in total. The predicted molar refractivity (Wildman–Crippen MR) is 127 cm³/mol. The molecule has 1 saturated carbocycles. The largest absolute Gasteiger partial charge is 0.385 e. The number of H-pyrrole nitrogens is 1. The fraction of sp³-hybridized carbons (Fsp3) is 0.481. The van der Waals surface area contributed by atoms with Crippen molar-refractivity contribution in [3.63, 3.8) is 0 Å². The van der Waals surface area contributed by atoms with Crippen molar-refractivity contribution in [2.75, 3.05) is 6.54 Å². The number of aromatic nitrogens is 4. The lowest BCUT2D eigenvalue weighted by Crippen LogP contribution is -2.60. The smallest absolute Gasteiger partial charge is 0.346 e. The first-order valence-corrected chi connectivity index (χ1v) is 12.7. The molecule has 3 aromatic rings. The number of aromatic amines is 1. The molecule has 1 saturated heterocycles. The van der Waals surface area contributed by atoms with Crippen LogP contribution in [-0.4, -0.2) is 43.5 Å². The minimum atomic E-state index is -0.880. The Kier molecular flexibility index (Phi) is 5.44. The lowest BCUT2D eigenvalue weighted by molar-refractivity contribution is -0.709. The third-order valence-electron chi connectivity index (χ3n) is 8.18. The number of rotatable bonds is 3. The Labute approximate surface area is 199 Å². The van der Waals surface area contributed by atoms with E-state index in [0.717, 1.165) is 68.4 Å². The molecule has 1 aromatic carbocycles. The van der Waals surface area contributed by atoms with Crippen LogP contribution in [0.15, 0.2) is 48.8 Å². The van der Waals surface area contributed by atoms with Gasteiger partial charge in [-0.15, -0.1) is 0 Å². The molecule has 34 heavy (non-hydrogen) atoms. The van der Waals surface area contributed by atoms with E-state index >= 15 is 0 Å². The second kappa shape index (κ2) is 8.62. The molecule has 4 heterocycles. The third-order valence-corrected chi connectivity index (χ3v) is 8.18. The van der Waals surface area contributed by atoms with Crippen molar-refractivity contribution in [3.8, 4) is 11.5 Å². The van der Waals surface area contributed by atoms with Gasteiger partial charge in [0.1, 0.15) is 0 Å². The lowest BCUT2D eigenvalue weighted by Gasteiger charge is -2.52. The van der Waals surface area contributed by atoms with Crippen molar-refractivity contribution in [2.45, 2.75) is 69.6 Å². The zero-order chi connectivity index (χ0) is 23.1. The number of hydrogen-bond acceptors (Lipinski definition) is 4. The number of hydrogen-bond donors (Lipinski definition) is 2. The van der Waals surface area contributed by atoms with Gasteiger partial charge in [-0.05, 0) is 43.7 Å². The Hall–Kier alpha value is -3.06. The number of amides is 1. The van der Waals surface area contributed by atoms with Gasteiger partial charge >= 0.3 is 11.7 Å². The average Bonchev–Trinajstić information content (AvgIpc) is 3.30. The van der Waals surface area contributed by atoms with E-state index in [9.17, 15) is 9.90 Å². The van der Waals surface area contributed by atoms with Crippen LogP contribution in [0.1, 0.15) is 66.8 Å². The maximum absolute atomic E-state index is 14.1. The van der Waals surface area contributed by atoms with Crippen LogP contribution in [0, 0.1) is 5.92 Å². The van der Waals surface area contributed by atoms with E-state index in [1.165, 1.54) is 0 Å². The van der Waals surface area contributed by atoms with Crippen molar-refractivity contribution < 1.29 is 14.5 Å². The number of nitrogens with zero attached hydrogens (tertiary/aromatic N) is 4. The Morgan fingerprint density at radius 2 is 1.85 bits per heavy atom. The van der Waals surface area contributed by atoms with Crippen LogP contribution >= 0.6 is 0 Å². The summed E-state index contributed by atoms with van der Waals surface area (Å²) in [5, 5.41) is 11.9. The number of aliphatic hydroxyl groups is 1. The monoisotopic (exact) mass is 458 g/mol. The van der Waals surface area contributed by atoms with Gasteiger partial charge in [0.25, 0.3) is 0 Å². The summed E-state index contributed by atoms with van der Waals surface area (Å²) in [5.74, 6) is 1.36. The van der Waals surface area contributed by atoms with Gasteiger partial charge in [-0.25, -0.2) is 19.5 Å². The molecule has 7 heteroatoms. The molecule has 2 aromatic heterocycles. The maximum atomic E-state index is 14.1. The van der Waals surface area contributed by atoms with Gasteiger partial charge in [0, 0.05) is 37.3 Å². The second-order valence-electron chi connectivity index (χ2n) is 9.97. The fourth-order valence-electron chi connectivity index (χ4n) is 6.54. The number of carbonyl (C=O) groups excluding carboxylic acids is 1. The number of piperidine rings is 1. The quantitative estimate of drug-likeness (QED) is 0.589. The maximum Gasteiger partial charge on any atom is 0.346 e. The standard InChI is InChI=1S/C27H31N5O2/c33-26(25-30-23(24-28-15-8-16-29-24)22-13-6-7-17-31(22)25)32-18-14-27(34,19-9-2-1-3-10-19)20-11-4-5-12-21(20)32/h1-3,8-10,15-16,20-21,34H,4-7,11-14,17-18H2/p+1/t20-,21+,27?/m1/s1. The van der Waals surface area contributed by atoms with Gasteiger partial charge in [0.15, 0.2) is 5.69 Å². The fourth-order valence-corrected chi connectivity index (χ4v) is 6.54. The topological polar surface area (TPSA) is 86.0 Å². The van der Waals surface area contributed by atoms with Gasteiger partial charge in [-0.2, -0.15) is 0 Å². The zero-order valence-corrected chi connectivity index (χ0v) is 19.5. The number of likely N-dealkylation sites (tertiary alicyclic amines) is 1. The molecule has 2 fully saturated rings. The molecule has 2 N–H and O–H groups in total. The minimum absolute atomic E-state index is 0.0392. The SMILES string of the molecule is O=C(c1[nH]c(-c2ncccn2)c2[n+]1CCCC2)N1CCC(O)(c2ccccc2)[C@@H]2CCCC[C@@H]21. The predicted octanol–water partition coefficient (Wildman–Crippen LogP) is 3.39. The molecule has 176 valence electrons.